The van der Waals surface area contributed by atoms with Crippen LogP contribution in [-0.2, 0) is 0 Å². The number of carbonyl (C=O) groups excluding carboxylic acids is 1. The molecule has 5 heteroatoms. The summed E-state index contributed by atoms with van der Waals surface area (Å²) in [7, 11) is 0. The van der Waals surface area contributed by atoms with E-state index in [1.807, 2.05) is 0 Å². The molecule has 0 atom stereocenters. The SMILES string of the molecule is Cc1c(O)cccc1C(=O)NCCOc1ccc(N)cc1. The summed E-state index contributed by atoms with van der Waals surface area (Å²) in [5.41, 5.74) is 7.28. The number of benzene rings is 2. The molecular weight excluding hydrogens is 268 g/mol. The summed E-state index contributed by atoms with van der Waals surface area (Å²) in [4.78, 5) is 12.0. The fourth-order valence-electron chi connectivity index (χ4n) is 1.86. The van der Waals surface area contributed by atoms with Crippen LogP contribution in [0.2, 0.25) is 0 Å². The molecule has 110 valence electrons. The monoisotopic (exact) mass is 286 g/mol. The molecule has 0 spiro atoms. The van der Waals surface area contributed by atoms with Gasteiger partial charge in [0.25, 0.3) is 5.91 Å². The predicted octanol–water partition coefficient (Wildman–Crippen LogP) is 2.09. The van der Waals surface area contributed by atoms with Gasteiger partial charge in [0.2, 0.25) is 0 Å². The van der Waals surface area contributed by atoms with Crippen LogP contribution in [0.5, 0.6) is 11.5 Å². The van der Waals surface area contributed by atoms with Gasteiger partial charge in [0.05, 0.1) is 6.54 Å². The molecule has 0 aliphatic carbocycles. The Balaban J connectivity index is 1.82. The second-order valence-electron chi connectivity index (χ2n) is 4.62. The first-order valence-corrected chi connectivity index (χ1v) is 6.63. The third kappa shape index (κ3) is 3.89. The first-order valence-electron chi connectivity index (χ1n) is 6.63. The summed E-state index contributed by atoms with van der Waals surface area (Å²) in [6.07, 6.45) is 0. The van der Waals surface area contributed by atoms with Gasteiger partial charge in [-0.25, -0.2) is 0 Å². The van der Waals surface area contributed by atoms with E-state index >= 15 is 0 Å². The highest BCUT2D eigenvalue weighted by molar-refractivity contribution is 5.96. The lowest BCUT2D eigenvalue weighted by atomic mass is 10.1. The standard InChI is InChI=1S/C16H18N2O3/c1-11-14(3-2-4-15(11)19)16(20)18-9-10-21-13-7-5-12(17)6-8-13/h2-8,19H,9-10,17H2,1H3,(H,18,20). The van der Waals surface area contributed by atoms with Crippen molar-refractivity contribution in [2.24, 2.45) is 0 Å². The van der Waals surface area contributed by atoms with E-state index in [9.17, 15) is 9.90 Å². The van der Waals surface area contributed by atoms with Gasteiger partial charge in [-0.15, -0.1) is 0 Å². The molecule has 0 radical (unpaired) electrons. The smallest absolute Gasteiger partial charge is 0.251 e. The Morgan fingerprint density at radius 2 is 1.95 bits per heavy atom. The molecule has 5 nitrogen and oxygen atoms in total. The molecule has 0 aliphatic rings. The minimum Gasteiger partial charge on any atom is -0.508 e. The number of nitrogens with two attached hydrogens (primary N) is 1. The summed E-state index contributed by atoms with van der Waals surface area (Å²) >= 11 is 0. The highest BCUT2D eigenvalue weighted by Crippen LogP contribution is 2.19. The van der Waals surface area contributed by atoms with E-state index in [1.165, 1.54) is 0 Å². The van der Waals surface area contributed by atoms with Crippen LogP contribution in [0.25, 0.3) is 0 Å². The molecule has 0 saturated carbocycles. The molecule has 0 aromatic heterocycles. The fraction of sp³-hybridized carbons (Fsp3) is 0.188. The molecule has 0 aliphatic heterocycles. The molecule has 2 aromatic carbocycles. The first kappa shape index (κ1) is 14.7. The largest absolute Gasteiger partial charge is 0.508 e. The van der Waals surface area contributed by atoms with Gasteiger partial charge in [-0.05, 0) is 43.3 Å². The van der Waals surface area contributed by atoms with Gasteiger partial charge in [-0.3, -0.25) is 4.79 Å². The lowest BCUT2D eigenvalue weighted by molar-refractivity contribution is 0.0946. The van der Waals surface area contributed by atoms with E-state index in [0.29, 0.717) is 35.7 Å². The highest BCUT2D eigenvalue weighted by atomic mass is 16.5. The van der Waals surface area contributed by atoms with Crippen LogP contribution in [0.1, 0.15) is 15.9 Å². The third-order valence-corrected chi connectivity index (χ3v) is 3.09. The van der Waals surface area contributed by atoms with Gasteiger partial charge >= 0.3 is 0 Å². The molecule has 0 bridgehead atoms. The van der Waals surface area contributed by atoms with Crippen LogP contribution >= 0.6 is 0 Å². The first-order chi connectivity index (χ1) is 10.1. The molecule has 21 heavy (non-hydrogen) atoms. The normalized spacial score (nSPS) is 10.1. The summed E-state index contributed by atoms with van der Waals surface area (Å²) in [6, 6.07) is 11.9. The average molecular weight is 286 g/mol. The second-order valence-corrected chi connectivity index (χ2v) is 4.62. The van der Waals surface area contributed by atoms with Crippen LogP contribution in [0.15, 0.2) is 42.5 Å². The van der Waals surface area contributed by atoms with Crippen molar-refractivity contribution >= 4 is 11.6 Å². The van der Waals surface area contributed by atoms with E-state index in [2.05, 4.69) is 5.32 Å². The zero-order chi connectivity index (χ0) is 15.2. The maximum Gasteiger partial charge on any atom is 0.251 e. The van der Waals surface area contributed by atoms with Gasteiger partial charge in [0.15, 0.2) is 0 Å². The Morgan fingerprint density at radius 1 is 1.24 bits per heavy atom. The number of amides is 1. The number of anilines is 1. The van der Waals surface area contributed by atoms with Gasteiger partial charge < -0.3 is 20.9 Å². The fourth-order valence-corrected chi connectivity index (χ4v) is 1.86. The van der Waals surface area contributed by atoms with Gasteiger partial charge in [0, 0.05) is 16.8 Å². The quantitative estimate of drug-likeness (QED) is 0.580. The van der Waals surface area contributed by atoms with Crippen molar-refractivity contribution in [2.45, 2.75) is 6.92 Å². The van der Waals surface area contributed by atoms with E-state index < -0.39 is 0 Å². The molecule has 1 amide bonds. The zero-order valence-electron chi connectivity index (χ0n) is 11.8. The lowest BCUT2D eigenvalue weighted by Gasteiger charge is -2.10. The minimum atomic E-state index is -0.232. The predicted molar refractivity (Wildman–Crippen MR) is 81.5 cm³/mol. The van der Waals surface area contributed by atoms with Crippen molar-refractivity contribution < 1.29 is 14.6 Å². The van der Waals surface area contributed by atoms with Gasteiger partial charge in [0.1, 0.15) is 18.1 Å². The van der Waals surface area contributed by atoms with E-state index in [-0.39, 0.29) is 11.7 Å². The molecule has 4 N–H and O–H groups in total. The minimum absolute atomic E-state index is 0.112. The average Bonchev–Trinajstić information content (AvgIpc) is 2.48. The number of rotatable bonds is 5. The maximum atomic E-state index is 12.0. The number of nitrogen functional groups attached to an aromatic ring is 1. The number of carbonyl (C=O) groups is 1. The maximum absolute atomic E-state index is 12.0. The number of hydrogen-bond donors (Lipinski definition) is 3. The van der Waals surface area contributed by atoms with Crippen molar-refractivity contribution in [3.63, 3.8) is 0 Å². The number of phenolic OH excluding ortho intramolecular Hbond substituents is 1. The van der Waals surface area contributed by atoms with E-state index in [4.69, 9.17) is 10.5 Å². The second kappa shape index (κ2) is 6.65. The van der Waals surface area contributed by atoms with Crippen LogP contribution in [0.3, 0.4) is 0 Å². The molecule has 0 heterocycles. The number of nitrogens with one attached hydrogen (secondary N) is 1. The van der Waals surface area contributed by atoms with Crippen molar-refractivity contribution in [2.75, 3.05) is 18.9 Å². The zero-order valence-corrected chi connectivity index (χ0v) is 11.8. The summed E-state index contributed by atoms with van der Waals surface area (Å²) in [6.45, 7) is 2.43. The van der Waals surface area contributed by atoms with Crippen LogP contribution < -0.4 is 15.8 Å². The van der Waals surface area contributed by atoms with Crippen molar-refractivity contribution in [3.8, 4) is 11.5 Å². The molecule has 2 aromatic rings. The molecule has 0 saturated heterocycles. The van der Waals surface area contributed by atoms with E-state index in [1.54, 1.807) is 49.4 Å². The molecule has 0 unspecified atom stereocenters. The van der Waals surface area contributed by atoms with Crippen molar-refractivity contribution in [1.29, 1.82) is 0 Å². The summed E-state index contributed by atoms with van der Waals surface area (Å²) in [5, 5.41) is 12.3. The Bertz CT molecular complexity index is 624. The summed E-state index contributed by atoms with van der Waals surface area (Å²) < 4.78 is 5.48. The number of ether oxygens (including phenoxy) is 1. The van der Waals surface area contributed by atoms with Crippen molar-refractivity contribution in [3.05, 3.63) is 53.6 Å². The Labute approximate surface area is 123 Å². The van der Waals surface area contributed by atoms with Gasteiger partial charge in [-0.1, -0.05) is 6.07 Å². The third-order valence-electron chi connectivity index (χ3n) is 3.09. The topological polar surface area (TPSA) is 84.6 Å². The summed E-state index contributed by atoms with van der Waals surface area (Å²) in [5.74, 6) is 0.581. The highest BCUT2D eigenvalue weighted by Gasteiger charge is 2.10. The van der Waals surface area contributed by atoms with Crippen LogP contribution in [-0.4, -0.2) is 24.2 Å². The Kier molecular flexibility index (Phi) is 4.66. The Morgan fingerprint density at radius 3 is 2.67 bits per heavy atom. The number of phenols is 1. The molecular formula is C16H18N2O3. The van der Waals surface area contributed by atoms with Crippen LogP contribution in [0.4, 0.5) is 5.69 Å². The molecule has 2 rings (SSSR count). The number of aromatic hydroxyl groups is 1. The number of hydrogen-bond acceptors (Lipinski definition) is 4. The van der Waals surface area contributed by atoms with E-state index in [0.717, 1.165) is 0 Å². The van der Waals surface area contributed by atoms with Gasteiger partial charge in [-0.2, -0.15) is 0 Å². The van der Waals surface area contributed by atoms with Crippen LogP contribution in [0, 0.1) is 6.92 Å². The lowest BCUT2D eigenvalue weighted by Crippen LogP contribution is -2.28. The Hall–Kier alpha value is -2.69. The van der Waals surface area contributed by atoms with Crippen molar-refractivity contribution in [1.82, 2.24) is 5.32 Å². The molecule has 0 fully saturated rings.